The fourth-order valence-corrected chi connectivity index (χ4v) is 1.39. The Morgan fingerprint density at radius 3 is 2.71 bits per heavy atom. The topological polar surface area (TPSA) is 77.6 Å². The molecule has 7 heteroatoms. The Bertz CT molecular complexity index is 541. The van der Waals surface area contributed by atoms with E-state index in [1.165, 1.54) is 15.6 Å². The van der Waals surface area contributed by atoms with Crippen LogP contribution in [0.2, 0.25) is 0 Å². The second-order valence-electron chi connectivity index (χ2n) is 3.61. The van der Waals surface area contributed by atoms with Gasteiger partial charge in [0.05, 0.1) is 24.6 Å². The van der Waals surface area contributed by atoms with Gasteiger partial charge >= 0.3 is 5.69 Å². The van der Waals surface area contributed by atoms with Gasteiger partial charge in [-0.3, -0.25) is 9.55 Å². The van der Waals surface area contributed by atoms with Crippen LogP contribution in [0.1, 0.15) is 12.6 Å². The number of nitrogens with zero attached hydrogens (tertiary/aromatic N) is 5. The lowest BCUT2D eigenvalue weighted by molar-refractivity contribution is 0.633. The third-order valence-electron chi connectivity index (χ3n) is 2.26. The van der Waals surface area contributed by atoms with Crippen molar-refractivity contribution in [2.24, 2.45) is 7.05 Å². The number of nitrogens with one attached hydrogen (secondary N) is 1. The molecule has 0 saturated carbocycles. The fraction of sp³-hybridized carbons (Fsp3) is 0.400. The van der Waals surface area contributed by atoms with Gasteiger partial charge in [-0.1, -0.05) is 0 Å². The standard InChI is InChI=1S/C10H14N6O/c1-3-11-9-5-12-8(4-13-9)6-16-10(17)15(2)7-14-16/h4-5,7H,3,6H2,1-2H3,(H,11,13). The highest BCUT2D eigenvalue weighted by Gasteiger charge is 2.04. The molecule has 90 valence electrons. The molecule has 0 aromatic carbocycles. The first kappa shape index (κ1) is 11.3. The van der Waals surface area contributed by atoms with Crippen molar-refractivity contribution in [2.45, 2.75) is 13.5 Å². The maximum atomic E-state index is 11.5. The first-order chi connectivity index (χ1) is 8.20. The SMILES string of the molecule is CCNc1cnc(Cn2ncn(C)c2=O)cn1. The third-order valence-corrected chi connectivity index (χ3v) is 2.26. The molecule has 2 heterocycles. The van der Waals surface area contributed by atoms with Crippen molar-refractivity contribution in [1.29, 1.82) is 0 Å². The Morgan fingerprint density at radius 2 is 2.18 bits per heavy atom. The van der Waals surface area contributed by atoms with Crippen molar-refractivity contribution < 1.29 is 0 Å². The van der Waals surface area contributed by atoms with Gasteiger partial charge in [0, 0.05) is 13.6 Å². The molecule has 0 aliphatic heterocycles. The Balaban J connectivity index is 2.14. The normalized spacial score (nSPS) is 10.5. The predicted molar refractivity (Wildman–Crippen MR) is 62.8 cm³/mol. The van der Waals surface area contributed by atoms with E-state index in [1.807, 2.05) is 6.92 Å². The first-order valence-electron chi connectivity index (χ1n) is 5.34. The number of rotatable bonds is 4. The van der Waals surface area contributed by atoms with Crippen LogP contribution < -0.4 is 11.0 Å². The first-order valence-corrected chi connectivity index (χ1v) is 5.34. The molecule has 0 radical (unpaired) electrons. The molecule has 0 aliphatic carbocycles. The van der Waals surface area contributed by atoms with Gasteiger partial charge in [0.15, 0.2) is 0 Å². The van der Waals surface area contributed by atoms with Crippen LogP contribution in [-0.2, 0) is 13.6 Å². The number of hydrogen-bond donors (Lipinski definition) is 1. The van der Waals surface area contributed by atoms with Crippen LogP contribution in [-0.4, -0.2) is 30.9 Å². The van der Waals surface area contributed by atoms with E-state index in [2.05, 4.69) is 20.4 Å². The van der Waals surface area contributed by atoms with E-state index in [-0.39, 0.29) is 5.69 Å². The summed E-state index contributed by atoms with van der Waals surface area (Å²) in [7, 11) is 1.66. The molecule has 2 aromatic heterocycles. The Hall–Kier alpha value is -2.18. The number of anilines is 1. The monoisotopic (exact) mass is 234 g/mol. The second kappa shape index (κ2) is 4.77. The minimum atomic E-state index is -0.164. The predicted octanol–water partition coefficient (Wildman–Crippen LogP) is -0.148. The molecule has 0 bridgehead atoms. The highest BCUT2D eigenvalue weighted by Crippen LogP contribution is 2.00. The maximum Gasteiger partial charge on any atom is 0.345 e. The molecule has 0 aliphatic rings. The number of aryl methyl sites for hydroxylation is 1. The van der Waals surface area contributed by atoms with Gasteiger partial charge in [-0.15, -0.1) is 0 Å². The number of aromatic nitrogens is 5. The maximum absolute atomic E-state index is 11.5. The molecule has 0 unspecified atom stereocenters. The summed E-state index contributed by atoms with van der Waals surface area (Å²) < 4.78 is 2.76. The van der Waals surface area contributed by atoms with Gasteiger partial charge in [-0.2, -0.15) is 5.10 Å². The van der Waals surface area contributed by atoms with Gasteiger partial charge < -0.3 is 5.32 Å². The van der Waals surface area contributed by atoms with E-state index in [1.54, 1.807) is 19.4 Å². The molecule has 0 atom stereocenters. The molecule has 1 N–H and O–H groups in total. The van der Waals surface area contributed by atoms with Crippen molar-refractivity contribution >= 4 is 5.82 Å². The summed E-state index contributed by atoms with van der Waals surface area (Å²) in [5.41, 5.74) is 0.537. The van der Waals surface area contributed by atoms with Gasteiger partial charge in [-0.05, 0) is 6.92 Å². The van der Waals surface area contributed by atoms with Crippen molar-refractivity contribution in [3.63, 3.8) is 0 Å². The quantitative estimate of drug-likeness (QED) is 0.796. The van der Waals surface area contributed by atoms with Crippen LogP contribution in [0.15, 0.2) is 23.5 Å². The molecule has 0 spiro atoms. The second-order valence-corrected chi connectivity index (χ2v) is 3.61. The minimum absolute atomic E-state index is 0.164. The number of hydrogen-bond acceptors (Lipinski definition) is 5. The zero-order valence-electron chi connectivity index (χ0n) is 9.79. The van der Waals surface area contributed by atoms with E-state index in [0.717, 1.165) is 12.4 Å². The van der Waals surface area contributed by atoms with E-state index in [4.69, 9.17) is 0 Å². The fourth-order valence-electron chi connectivity index (χ4n) is 1.39. The highest BCUT2D eigenvalue weighted by molar-refractivity contribution is 5.30. The molecule has 0 fully saturated rings. The lowest BCUT2D eigenvalue weighted by atomic mass is 10.4. The van der Waals surface area contributed by atoms with Crippen molar-refractivity contribution in [3.8, 4) is 0 Å². The average molecular weight is 234 g/mol. The summed E-state index contributed by atoms with van der Waals surface area (Å²) >= 11 is 0. The van der Waals surface area contributed by atoms with Crippen LogP contribution in [0.5, 0.6) is 0 Å². The van der Waals surface area contributed by atoms with Gasteiger partial charge in [0.2, 0.25) is 0 Å². The van der Waals surface area contributed by atoms with Crippen LogP contribution in [0.3, 0.4) is 0 Å². The summed E-state index contributed by atoms with van der Waals surface area (Å²) in [6, 6.07) is 0. The van der Waals surface area contributed by atoms with E-state index in [0.29, 0.717) is 12.2 Å². The smallest absolute Gasteiger partial charge is 0.345 e. The molecule has 0 saturated heterocycles. The van der Waals surface area contributed by atoms with Gasteiger partial charge in [0.1, 0.15) is 12.1 Å². The largest absolute Gasteiger partial charge is 0.369 e. The highest BCUT2D eigenvalue weighted by atomic mass is 16.2. The van der Waals surface area contributed by atoms with Gasteiger partial charge in [-0.25, -0.2) is 14.5 Å². The molecule has 0 amide bonds. The average Bonchev–Trinajstić information content (AvgIpc) is 2.64. The van der Waals surface area contributed by atoms with E-state index in [9.17, 15) is 4.79 Å². The lowest BCUT2D eigenvalue weighted by Gasteiger charge is -2.02. The summed E-state index contributed by atoms with van der Waals surface area (Å²) in [4.78, 5) is 19.9. The van der Waals surface area contributed by atoms with Crippen LogP contribution in [0.25, 0.3) is 0 Å². The molecular formula is C10H14N6O. The third kappa shape index (κ3) is 2.49. The Labute approximate surface area is 98.1 Å². The summed E-state index contributed by atoms with van der Waals surface area (Å²) in [5, 5.41) is 7.01. The zero-order chi connectivity index (χ0) is 12.3. The molecule has 17 heavy (non-hydrogen) atoms. The lowest BCUT2D eigenvalue weighted by Crippen LogP contribution is -2.23. The summed E-state index contributed by atoms with van der Waals surface area (Å²) in [6.07, 6.45) is 4.76. The van der Waals surface area contributed by atoms with E-state index < -0.39 is 0 Å². The summed E-state index contributed by atoms with van der Waals surface area (Å²) in [5.74, 6) is 0.726. The van der Waals surface area contributed by atoms with Crippen molar-refractivity contribution in [3.05, 3.63) is 34.9 Å². The van der Waals surface area contributed by atoms with Crippen molar-refractivity contribution in [1.82, 2.24) is 24.3 Å². The van der Waals surface area contributed by atoms with Crippen LogP contribution >= 0.6 is 0 Å². The Morgan fingerprint density at radius 1 is 1.35 bits per heavy atom. The molecular weight excluding hydrogens is 220 g/mol. The zero-order valence-corrected chi connectivity index (χ0v) is 9.79. The van der Waals surface area contributed by atoms with E-state index >= 15 is 0 Å². The molecule has 2 rings (SSSR count). The van der Waals surface area contributed by atoms with Crippen molar-refractivity contribution in [2.75, 3.05) is 11.9 Å². The van der Waals surface area contributed by atoms with Crippen LogP contribution in [0.4, 0.5) is 5.82 Å². The Kier molecular flexibility index (Phi) is 3.17. The molecule has 2 aromatic rings. The molecule has 7 nitrogen and oxygen atoms in total. The van der Waals surface area contributed by atoms with Gasteiger partial charge in [0.25, 0.3) is 0 Å². The minimum Gasteiger partial charge on any atom is -0.369 e. The van der Waals surface area contributed by atoms with Crippen LogP contribution in [0, 0.1) is 0 Å². The summed E-state index contributed by atoms with van der Waals surface area (Å²) in [6.45, 7) is 3.12.